The molecule has 0 radical (unpaired) electrons. The molecule has 17 heavy (non-hydrogen) atoms. The summed E-state index contributed by atoms with van der Waals surface area (Å²) in [4.78, 5) is 11.5. The first-order valence-corrected chi connectivity index (χ1v) is 6.14. The topological polar surface area (TPSA) is 38.3 Å². The van der Waals surface area contributed by atoms with Crippen LogP contribution >= 0.6 is 0 Å². The van der Waals surface area contributed by atoms with E-state index in [0.717, 1.165) is 12.8 Å². The largest absolute Gasteiger partial charge is 0.375 e. The molecule has 1 saturated carbocycles. The third-order valence-corrected chi connectivity index (χ3v) is 3.37. The zero-order chi connectivity index (χ0) is 12.1. The minimum atomic E-state index is -0.0136. The average molecular weight is 233 g/mol. The molecule has 1 fully saturated rings. The number of carbonyl (C=O) groups is 1. The minimum Gasteiger partial charge on any atom is -0.375 e. The van der Waals surface area contributed by atoms with Gasteiger partial charge in [0.15, 0.2) is 0 Å². The quantitative estimate of drug-likeness (QED) is 0.864. The number of amides is 1. The number of benzene rings is 1. The third kappa shape index (κ3) is 3.07. The lowest BCUT2D eigenvalue weighted by Crippen LogP contribution is -2.38. The van der Waals surface area contributed by atoms with Gasteiger partial charge in [-0.15, -0.1) is 0 Å². The van der Waals surface area contributed by atoms with Gasteiger partial charge in [-0.3, -0.25) is 4.79 Å². The Labute approximate surface area is 102 Å². The van der Waals surface area contributed by atoms with Gasteiger partial charge in [0.05, 0.1) is 0 Å². The molecule has 2 rings (SSSR count). The fraction of sp³-hybridized carbons (Fsp3) is 0.500. The van der Waals surface area contributed by atoms with E-state index in [2.05, 4.69) is 29.6 Å². The summed E-state index contributed by atoms with van der Waals surface area (Å²) < 4.78 is 4.84. The Balaban J connectivity index is 2.00. The molecular formula is C14H19NO2. The molecule has 92 valence electrons. The number of hydrogen-bond acceptors (Lipinski definition) is 2. The molecule has 0 saturated heterocycles. The molecule has 0 unspecified atom stereocenters. The van der Waals surface area contributed by atoms with Crippen molar-refractivity contribution in [2.45, 2.75) is 31.2 Å². The van der Waals surface area contributed by atoms with Crippen LogP contribution in [0.5, 0.6) is 0 Å². The molecule has 1 aromatic carbocycles. The summed E-state index contributed by atoms with van der Waals surface area (Å²) in [6.45, 7) is 0.151. The van der Waals surface area contributed by atoms with Crippen molar-refractivity contribution in [3.63, 3.8) is 0 Å². The van der Waals surface area contributed by atoms with Gasteiger partial charge in [-0.25, -0.2) is 0 Å². The summed E-state index contributed by atoms with van der Waals surface area (Å²) >= 11 is 0. The van der Waals surface area contributed by atoms with Crippen molar-refractivity contribution >= 4 is 5.91 Å². The summed E-state index contributed by atoms with van der Waals surface area (Å²) in [5.41, 5.74) is 1.33. The Morgan fingerprint density at radius 2 is 2.12 bits per heavy atom. The number of nitrogens with one attached hydrogen (secondary N) is 1. The molecule has 3 nitrogen and oxygen atoms in total. The highest BCUT2D eigenvalue weighted by Crippen LogP contribution is 2.34. The first-order chi connectivity index (χ1) is 8.31. The van der Waals surface area contributed by atoms with Crippen LogP contribution in [-0.4, -0.2) is 25.7 Å². The Kier molecular flexibility index (Phi) is 4.15. The molecule has 1 aliphatic carbocycles. The van der Waals surface area contributed by atoms with E-state index in [1.165, 1.54) is 12.0 Å². The lowest BCUT2D eigenvalue weighted by Gasteiger charge is -2.21. The van der Waals surface area contributed by atoms with Crippen molar-refractivity contribution in [2.75, 3.05) is 13.7 Å². The maximum atomic E-state index is 11.5. The molecule has 1 aromatic rings. The fourth-order valence-electron chi connectivity index (χ4n) is 2.61. The average Bonchev–Trinajstić information content (AvgIpc) is 2.78. The van der Waals surface area contributed by atoms with Gasteiger partial charge in [-0.2, -0.15) is 0 Å². The van der Waals surface area contributed by atoms with E-state index in [0.29, 0.717) is 5.92 Å². The maximum Gasteiger partial charge on any atom is 0.246 e. The molecule has 0 aliphatic heterocycles. The van der Waals surface area contributed by atoms with Gasteiger partial charge in [0.1, 0.15) is 6.61 Å². The number of hydrogen-bond donors (Lipinski definition) is 1. The maximum absolute atomic E-state index is 11.5. The molecule has 1 N–H and O–H groups in total. The van der Waals surface area contributed by atoms with E-state index >= 15 is 0 Å². The van der Waals surface area contributed by atoms with Crippen LogP contribution in [0.15, 0.2) is 30.3 Å². The Morgan fingerprint density at radius 1 is 1.35 bits per heavy atom. The summed E-state index contributed by atoms with van der Waals surface area (Å²) in [6, 6.07) is 10.7. The smallest absolute Gasteiger partial charge is 0.246 e. The van der Waals surface area contributed by atoms with Crippen molar-refractivity contribution in [3.05, 3.63) is 35.9 Å². The first kappa shape index (κ1) is 12.1. The Bertz CT molecular complexity index is 364. The highest BCUT2D eigenvalue weighted by molar-refractivity contribution is 5.77. The van der Waals surface area contributed by atoms with E-state index in [9.17, 15) is 4.79 Å². The van der Waals surface area contributed by atoms with Crippen molar-refractivity contribution in [3.8, 4) is 0 Å². The first-order valence-electron chi connectivity index (χ1n) is 6.14. The van der Waals surface area contributed by atoms with Crippen molar-refractivity contribution < 1.29 is 9.53 Å². The fourth-order valence-corrected chi connectivity index (χ4v) is 2.61. The van der Waals surface area contributed by atoms with E-state index in [1.54, 1.807) is 7.11 Å². The highest BCUT2D eigenvalue weighted by Gasteiger charge is 2.29. The van der Waals surface area contributed by atoms with Crippen molar-refractivity contribution in [2.24, 2.45) is 0 Å². The number of rotatable bonds is 4. The predicted molar refractivity (Wildman–Crippen MR) is 66.8 cm³/mol. The highest BCUT2D eigenvalue weighted by atomic mass is 16.5. The van der Waals surface area contributed by atoms with Gasteiger partial charge in [0.2, 0.25) is 5.91 Å². The van der Waals surface area contributed by atoms with E-state index in [4.69, 9.17) is 4.74 Å². The van der Waals surface area contributed by atoms with Gasteiger partial charge in [-0.05, 0) is 18.4 Å². The summed E-state index contributed by atoms with van der Waals surface area (Å²) in [5, 5.41) is 3.06. The molecule has 0 heterocycles. The summed E-state index contributed by atoms with van der Waals surface area (Å²) in [7, 11) is 1.54. The minimum absolute atomic E-state index is 0.0136. The lowest BCUT2D eigenvalue weighted by atomic mass is 9.94. The second-order valence-corrected chi connectivity index (χ2v) is 4.56. The van der Waals surface area contributed by atoms with Crippen LogP contribution in [-0.2, 0) is 9.53 Å². The lowest BCUT2D eigenvalue weighted by molar-refractivity contribution is -0.125. The SMILES string of the molecule is COCC(=O)N[C@@H]1CCC[C@@H]1c1ccccc1. The van der Waals surface area contributed by atoms with Crippen LogP contribution in [0.3, 0.4) is 0 Å². The van der Waals surface area contributed by atoms with Crippen LogP contribution in [0.25, 0.3) is 0 Å². The Morgan fingerprint density at radius 3 is 2.82 bits per heavy atom. The monoisotopic (exact) mass is 233 g/mol. The summed E-state index contributed by atoms with van der Waals surface area (Å²) in [6.07, 6.45) is 3.40. The number of methoxy groups -OCH3 is 1. The zero-order valence-corrected chi connectivity index (χ0v) is 10.2. The second kappa shape index (κ2) is 5.82. The van der Waals surface area contributed by atoms with Crippen LogP contribution in [0.2, 0.25) is 0 Å². The van der Waals surface area contributed by atoms with Gasteiger partial charge >= 0.3 is 0 Å². The molecule has 0 bridgehead atoms. The van der Waals surface area contributed by atoms with Gasteiger partial charge in [-0.1, -0.05) is 36.8 Å². The van der Waals surface area contributed by atoms with Gasteiger partial charge in [0, 0.05) is 19.1 Å². The van der Waals surface area contributed by atoms with Gasteiger partial charge < -0.3 is 10.1 Å². The molecular weight excluding hydrogens is 214 g/mol. The van der Waals surface area contributed by atoms with Crippen LogP contribution < -0.4 is 5.32 Å². The van der Waals surface area contributed by atoms with Gasteiger partial charge in [0.25, 0.3) is 0 Å². The van der Waals surface area contributed by atoms with Crippen molar-refractivity contribution in [1.82, 2.24) is 5.32 Å². The molecule has 3 heteroatoms. The standard InChI is InChI=1S/C14H19NO2/c1-17-10-14(16)15-13-9-5-8-12(13)11-6-3-2-4-7-11/h2-4,6-7,12-13H,5,8-10H2,1H3,(H,15,16)/t12-,13-/m1/s1. The summed E-state index contributed by atoms with van der Waals surface area (Å²) in [5.74, 6) is 0.442. The third-order valence-electron chi connectivity index (χ3n) is 3.37. The van der Waals surface area contributed by atoms with Crippen LogP contribution in [0.1, 0.15) is 30.7 Å². The van der Waals surface area contributed by atoms with Crippen LogP contribution in [0, 0.1) is 0 Å². The molecule has 0 spiro atoms. The van der Waals surface area contributed by atoms with E-state index in [1.807, 2.05) is 6.07 Å². The molecule has 2 atom stereocenters. The van der Waals surface area contributed by atoms with Crippen LogP contribution in [0.4, 0.5) is 0 Å². The predicted octanol–water partition coefficient (Wildman–Crippen LogP) is 2.09. The van der Waals surface area contributed by atoms with Crippen molar-refractivity contribution in [1.29, 1.82) is 0 Å². The van der Waals surface area contributed by atoms with E-state index < -0.39 is 0 Å². The van der Waals surface area contributed by atoms with E-state index in [-0.39, 0.29) is 18.6 Å². The number of carbonyl (C=O) groups excluding carboxylic acids is 1. The second-order valence-electron chi connectivity index (χ2n) is 4.56. The molecule has 0 aromatic heterocycles. The molecule has 1 aliphatic rings. The zero-order valence-electron chi connectivity index (χ0n) is 10.2. The normalized spacial score (nSPS) is 23.6. The Hall–Kier alpha value is -1.35. The molecule has 1 amide bonds. The number of ether oxygens (including phenoxy) is 1.